The number of methoxy groups -OCH3 is 1. The lowest BCUT2D eigenvalue weighted by Gasteiger charge is -2.34. The van der Waals surface area contributed by atoms with Crippen molar-refractivity contribution < 1.29 is 9.84 Å². The van der Waals surface area contributed by atoms with E-state index >= 15 is 0 Å². The molecule has 2 unspecified atom stereocenters. The van der Waals surface area contributed by atoms with Gasteiger partial charge in [0.15, 0.2) is 5.82 Å². The van der Waals surface area contributed by atoms with Crippen molar-refractivity contribution in [3.63, 3.8) is 0 Å². The van der Waals surface area contributed by atoms with Crippen LogP contribution in [0.3, 0.4) is 0 Å². The number of aromatic nitrogens is 2. The molecular weight excluding hydrogens is 338 g/mol. The Morgan fingerprint density at radius 2 is 1.81 bits per heavy atom. The van der Waals surface area contributed by atoms with Gasteiger partial charge in [0, 0.05) is 22.4 Å². The second kappa shape index (κ2) is 7.16. The third kappa shape index (κ3) is 3.74. The van der Waals surface area contributed by atoms with Gasteiger partial charge in [-0.15, -0.1) is 10.2 Å². The van der Waals surface area contributed by atoms with Crippen molar-refractivity contribution >= 4 is 16.6 Å². The van der Waals surface area contributed by atoms with Crippen LogP contribution >= 0.6 is 0 Å². The summed E-state index contributed by atoms with van der Waals surface area (Å²) in [6.45, 7) is 1.91. The molecule has 0 spiro atoms. The molecule has 0 aliphatic heterocycles. The number of benzene rings is 2. The van der Waals surface area contributed by atoms with E-state index in [1.54, 1.807) is 7.11 Å². The quantitative estimate of drug-likeness (QED) is 0.719. The van der Waals surface area contributed by atoms with Crippen LogP contribution in [0.2, 0.25) is 0 Å². The molecule has 0 radical (unpaired) electrons. The fraction of sp³-hybridized carbons (Fsp3) is 0.364. The number of fused-ring (bicyclic) bond motifs is 1. The van der Waals surface area contributed by atoms with Crippen LogP contribution in [-0.4, -0.2) is 34.1 Å². The van der Waals surface area contributed by atoms with Gasteiger partial charge in [-0.25, -0.2) is 0 Å². The third-order valence-electron chi connectivity index (χ3n) is 5.35. The Kier molecular flexibility index (Phi) is 4.70. The fourth-order valence-electron chi connectivity index (χ4n) is 3.95. The largest absolute Gasteiger partial charge is 0.497 e. The van der Waals surface area contributed by atoms with Crippen LogP contribution in [0.5, 0.6) is 5.75 Å². The molecule has 0 amide bonds. The minimum absolute atomic E-state index is 0.207. The van der Waals surface area contributed by atoms with E-state index < -0.39 is 5.60 Å². The normalized spacial score (nSPS) is 22.6. The highest BCUT2D eigenvalue weighted by atomic mass is 16.5. The lowest BCUT2D eigenvalue weighted by Crippen LogP contribution is -2.38. The molecule has 1 saturated carbocycles. The molecule has 5 heteroatoms. The highest BCUT2D eigenvalue weighted by Gasteiger charge is 2.30. The summed E-state index contributed by atoms with van der Waals surface area (Å²) in [7, 11) is 1.66. The SMILES string of the molecule is COc1ccc(-c2nnc(NC3CCCC(C)(O)C3)c3ccccc23)cc1. The maximum atomic E-state index is 10.4. The first kappa shape index (κ1) is 17.7. The molecule has 2 atom stereocenters. The zero-order valence-corrected chi connectivity index (χ0v) is 15.8. The van der Waals surface area contributed by atoms with Crippen LogP contribution in [0, 0.1) is 0 Å². The molecule has 1 heterocycles. The Hall–Kier alpha value is -2.66. The van der Waals surface area contributed by atoms with Crippen molar-refractivity contribution in [2.45, 2.75) is 44.2 Å². The molecule has 1 aliphatic rings. The predicted molar refractivity (Wildman–Crippen MR) is 108 cm³/mol. The van der Waals surface area contributed by atoms with Crippen molar-refractivity contribution in [1.29, 1.82) is 0 Å². The molecule has 2 N–H and O–H groups in total. The van der Waals surface area contributed by atoms with Gasteiger partial charge in [0.2, 0.25) is 0 Å². The molecule has 1 aliphatic carbocycles. The molecule has 1 fully saturated rings. The van der Waals surface area contributed by atoms with Crippen molar-refractivity contribution in [3.8, 4) is 17.0 Å². The number of nitrogens with zero attached hydrogens (tertiary/aromatic N) is 2. The van der Waals surface area contributed by atoms with Crippen LogP contribution < -0.4 is 10.1 Å². The maximum absolute atomic E-state index is 10.4. The first-order valence-electron chi connectivity index (χ1n) is 9.44. The highest BCUT2D eigenvalue weighted by Crippen LogP contribution is 2.33. The molecule has 1 aromatic heterocycles. The molecule has 3 aromatic rings. The summed E-state index contributed by atoms with van der Waals surface area (Å²) >= 11 is 0. The van der Waals surface area contributed by atoms with Crippen LogP contribution in [0.25, 0.3) is 22.0 Å². The predicted octanol–water partition coefficient (Wildman–Crippen LogP) is 4.41. The zero-order chi connectivity index (χ0) is 18.9. The molecule has 0 bridgehead atoms. The number of rotatable bonds is 4. The number of aliphatic hydroxyl groups is 1. The van der Waals surface area contributed by atoms with Gasteiger partial charge in [0.1, 0.15) is 11.4 Å². The molecule has 0 saturated heterocycles. The summed E-state index contributed by atoms with van der Waals surface area (Å²) in [5.41, 5.74) is 1.25. The number of hydrogen-bond donors (Lipinski definition) is 2. The van der Waals surface area contributed by atoms with Gasteiger partial charge in [0.25, 0.3) is 0 Å². The summed E-state index contributed by atoms with van der Waals surface area (Å²) in [5, 5.41) is 25.0. The summed E-state index contributed by atoms with van der Waals surface area (Å²) in [6, 6.07) is 16.3. The molecule has 27 heavy (non-hydrogen) atoms. The van der Waals surface area contributed by atoms with Crippen LogP contribution in [0.4, 0.5) is 5.82 Å². The second-order valence-corrected chi connectivity index (χ2v) is 7.61. The van der Waals surface area contributed by atoms with E-state index in [1.165, 1.54) is 0 Å². The van der Waals surface area contributed by atoms with Crippen LogP contribution in [0.1, 0.15) is 32.6 Å². The number of hydrogen-bond acceptors (Lipinski definition) is 5. The average molecular weight is 363 g/mol. The van der Waals surface area contributed by atoms with Crippen LogP contribution in [0.15, 0.2) is 48.5 Å². The zero-order valence-electron chi connectivity index (χ0n) is 15.8. The van der Waals surface area contributed by atoms with E-state index in [9.17, 15) is 5.11 Å². The molecule has 140 valence electrons. The molecule has 4 rings (SSSR count). The lowest BCUT2D eigenvalue weighted by molar-refractivity contribution is 0.0182. The van der Waals surface area contributed by atoms with E-state index in [-0.39, 0.29) is 6.04 Å². The van der Waals surface area contributed by atoms with E-state index in [0.29, 0.717) is 0 Å². The van der Waals surface area contributed by atoms with Gasteiger partial charge in [0.05, 0.1) is 12.7 Å². The van der Waals surface area contributed by atoms with Gasteiger partial charge < -0.3 is 15.2 Å². The number of ether oxygens (including phenoxy) is 1. The monoisotopic (exact) mass is 363 g/mol. The highest BCUT2D eigenvalue weighted by molar-refractivity contribution is 6.00. The van der Waals surface area contributed by atoms with Gasteiger partial charge in [-0.2, -0.15) is 0 Å². The Balaban J connectivity index is 1.70. The first-order chi connectivity index (χ1) is 13.1. The summed E-state index contributed by atoms with van der Waals surface area (Å²) in [4.78, 5) is 0. The first-order valence-corrected chi connectivity index (χ1v) is 9.44. The number of nitrogens with one attached hydrogen (secondary N) is 1. The lowest BCUT2D eigenvalue weighted by atomic mass is 9.83. The Bertz CT molecular complexity index is 938. The van der Waals surface area contributed by atoms with Crippen molar-refractivity contribution in [2.75, 3.05) is 12.4 Å². The maximum Gasteiger partial charge on any atom is 0.156 e. The van der Waals surface area contributed by atoms with Gasteiger partial charge in [-0.1, -0.05) is 24.3 Å². The second-order valence-electron chi connectivity index (χ2n) is 7.61. The standard InChI is InChI=1S/C22H25N3O2/c1-22(26)13-5-6-16(14-22)23-21-19-8-4-3-7-18(19)20(24-25-21)15-9-11-17(27-2)12-10-15/h3-4,7-12,16,26H,5-6,13-14H2,1-2H3,(H,23,25). The van der Waals surface area contributed by atoms with Crippen molar-refractivity contribution in [2.24, 2.45) is 0 Å². The Morgan fingerprint density at radius 3 is 2.52 bits per heavy atom. The third-order valence-corrected chi connectivity index (χ3v) is 5.35. The van der Waals surface area contributed by atoms with Gasteiger partial charge >= 0.3 is 0 Å². The number of anilines is 1. The minimum atomic E-state index is -0.609. The van der Waals surface area contributed by atoms with E-state index in [2.05, 4.69) is 27.6 Å². The molecular formula is C22H25N3O2. The Morgan fingerprint density at radius 1 is 1.07 bits per heavy atom. The minimum Gasteiger partial charge on any atom is -0.497 e. The van der Waals surface area contributed by atoms with E-state index in [4.69, 9.17) is 4.74 Å². The summed E-state index contributed by atoms with van der Waals surface area (Å²) < 4.78 is 5.25. The van der Waals surface area contributed by atoms with E-state index in [1.807, 2.05) is 43.3 Å². The van der Waals surface area contributed by atoms with Gasteiger partial charge in [-0.05, 0) is 56.9 Å². The molecule has 5 nitrogen and oxygen atoms in total. The van der Waals surface area contributed by atoms with Crippen LogP contribution in [-0.2, 0) is 0 Å². The Labute approximate surface area is 159 Å². The fourth-order valence-corrected chi connectivity index (χ4v) is 3.95. The topological polar surface area (TPSA) is 67.3 Å². The smallest absolute Gasteiger partial charge is 0.156 e. The average Bonchev–Trinajstić information content (AvgIpc) is 2.68. The van der Waals surface area contributed by atoms with E-state index in [0.717, 1.165) is 59.3 Å². The molecule has 2 aromatic carbocycles. The summed E-state index contributed by atoms with van der Waals surface area (Å²) in [5.74, 6) is 1.60. The van der Waals surface area contributed by atoms with Gasteiger partial charge in [-0.3, -0.25) is 0 Å². The van der Waals surface area contributed by atoms with Crippen molar-refractivity contribution in [1.82, 2.24) is 10.2 Å². The summed E-state index contributed by atoms with van der Waals surface area (Å²) in [6.07, 6.45) is 3.63. The van der Waals surface area contributed by atoms with Crippen molar-refractivity contribution in [3.05, 3.63) is 48.5 Å².